The molecule has 1 aromatic heterocycles. The molecule has 0 spiro atoms. The predicted octanol–water partition coefficient (Wildman–Crippen LogP) is 1.23. The van der Waals surface area contributed by atoms with E-state index in [-0.39, 0.29) is 0 Å². The number of hydrogen-bond acceptors (Lipinski definition) is 4. The van der Waals surface area contributed by atoms with Crippen LogP contribution in [0.4, 0.5) is 5.82 Å². The Bertz CT molecular complexity index is 322. The van der Waals surface area contributed by atoms with Gasteiger partial charge in [0.25, 0.3) is 0 Å². The molecule has 16 heavy (non-hydrogen) atoms. The van der Waals surface area contributed by atoms with Crippen LogP contribution in [-0.2, 0) is 6.42 Å². The minimum Gasteiger partial charge on any atom is -0.354 e. The summed E-state index contributed by atoms with van der Waals surface area (Å²) in [4.78, 5) is 2.30. The lowest BCUT2D eigenvalue weighted by Gasteiger charge is -2.16. The summed E-state index contributed by atoms with van der Waals surface area (Å²) < 4.78 is 0. The van der Waals surface area contributed by atoms with E-state index in [1.165, 1.54) is 6.42 Å². The first-order valence-electron chi connectivity index (χ1n) is 6.08. The Morgan fingerprint density at radius 1 is 1.44 bits per heavy atom. The summed E-state index contributed by atoms with van der Waals surface area (Å²) in [5.41, 5.74) is 1.09. The van der Waals surface area contributed by atoms with Crippen LogP contribution in [0.5, 0.6) is 0 Å². The highest BCUT2D eigenvalue weighted by Crippen LogP contribution is 2.17. The summed E-state index contributed by atoms with van der Waals surface area (Å²) in [6.45, 7) is 4.28. The maximum Gasteiger partial charge on any atom is 0.151 e. The molecule has 0 aromatic carbocycles. The van der Waals surface area contributed by atoms with Gasteiger partial charge in [-0.3, -0.25) is 0 Å². The third-order valence-electron chi connectivity index (χ3n) is 3.13. The molecule has 0 radical (unpaired) electrons. The molecule has 0 bridgehead atoms. The average molecular weight is 220 g/mol. The lowest BCUT2D eigenvalue weighted by molar-refractivity contribution is 0.616. The summed E-state index contributed by atoms with van der Waals surface area (Å²) >= 11 is 0. The minimum absolute atomic E-state index is 0.595. The summed E-state index contributed by atoms with van der Waals surface area (Å²) in [6, 6.07) is 4.78. The second-order valence-corrected chi connectivity index (χ2v) is 4.35. The molecule has 2 heterocycles. The molecule has 1 atom stereocenters. The molecule has 2 rings (SSSR count). The Hall–Kier alpha value is -1.16. The van der Waals surface area contributed by atoms with E-state index in [1.54, 1.807) is 0 Å². The van der Waals surface area contributed by atoms with Gasteiger partial charge in [0.15, 0.2) is 5.82 Å². The molecular formula is C12H20N4. The largest absolute Gasteiger partial charge is 0.354 e. The van der Waals surface area contributed by atoms with Gasteiger partial charge in [0.1, 0.15) is 0 Å². The maximum absolute atomic E-state index is 4.30. The van der Waals surface area contributed by atoms with E-state index in [9.17, 15) is 0 Å². The van der Waals surface area contributed by atoms with Crippen LogP contribution in [0.15, 0.2) is 12.1 Å². The second-order valence-electron chi connectivity index (χ2n) is 4.35. The third kappa shape index (κ3) is 2.50. The van der Waals surface area contributed by atoms with Gasteiger partial charge in [-0.05, 0) is 32.0 Å². The summed E-state index contributed by atoms with van der Waals surface area (Å²) in [5.74, 6) is 1.01. The average Bonchev–Trinajstić information content (AvgIpc) is 2.79. The first-order chi connectivity index (χ1) is 7.83. The van der Waals surface area contributed by atoms with E-state index in [0.717, 1.165) is 37.4 Å². The van der Waals surface area contributed by atoms with Crippen molar-refractivity contribution < 1.29 is 0 Å². The highest BCUT2D eigenvalue weighted by atomic mass is 15.3. The molecule has 88 valence electrons. The minimum atomic E-state index is 0.595. The number of aryl methyl sites for hydroxylation is 1. The van der Waals surface area contributed by atoms with Crippen LogP contribution in [-0.4, -0.2) is 36.4 Å². The summed E-state index contributed by atoms with van der Waals surface area (Å²) in [6.07, 6.45) is 3.33. The zero-order valence-corrected chi connectivity index (χ0v) is 10.1. The Morgan fingerprint density at radius 3 is 2.88 bits per heavy atom. The van der Waals surface area contributed by atoms with Crippen molar-refractivity contribution in [2.75, 3.05) is 25.0 Å². The maximum atomic E-state index is 4.30. The Kier molecular flexibility index (Phi) is 3.72. The van der Waals surface area contributed by atoms with Gasteiger partial charge in [-0.1, -0.05) is 13.3 Å². The van der Waals surface area contributed by atoms with Crippen LogP contribution in [0.2, 0.25) is 0 Å². The first kappa shape index (κ1) is 11.3. The Balaban J connectivity index is 1.99. The summed E-state index contributed by atoms with van der Waals surface area (Å²) in [7, 11) is 2.02. The molecule has 1 saturated heterocycles. The molecule has 1 aliphatic heterocycles. The van der Waals surface area contributed by atoms with Crippen molar-refractivity contribution in [3.8, 4) is 0 Å². The van der Waals surface area contributed by atoms with Crippen molar-refractivity contribution in [1.82, 2.24) is 15.5 Å². The zero-order chi connectivity index (χ0) is 11.4. The quantitative estimate of drug-likeness (QED) is 0.828. The van der Waals surface area contributed by atoms with E-state index >= 15 is 0 Å². The van der Waals surface area contributed by atoms with Crippen molar-refractivity contribution in [3.63, 3.8) is 0 Å². The highest BCUT2D eigenvalue weighted by molar-refractivity contribution is 5.39. The van der Waals surface area contributed by atoms with Gasteiger partial charge in [-0.15, -0.1) is 5.10 Å². The van der Waals surface area contributed by atoms with Crippen LogP contribution >= 0.6 is 0 Å². The van der Waals surface area contributed by atoms with Crippen LogP contribution in [0.25, 0.3) is 0 Å². The number of likely N-dealkylation sites (N-methyl/N-ethyl adjacent to an activating group) is 1. The number of nitrogens with one attached hydrogen (secondary N) is 1. The van der Waals surface area contributed by atoms with Gasteiger partial charge in [0.2, 0.25) is 0 Å². The van der Waals surface area contributed by atoms with Gasteiger partial charge in [0, 0.05) is 19.1 Å². The number of rotatable bonds is 4. The molecule has 0 aliphatic carbocycles. The van der Waals surface area contributed by atoms with Crippen LogP contribution in [0, 0.1) is 0 Å². The fourth-order valence-electron chi connectivity index (χ4n) is 2.11. The van der Waals surface area contributed by atoms with Crippen LogP contribution < -0.4 is 10.2 Å². The lowest BCUT2D eigenvalue weighted by atomic mass is 10.2. The smallest absolute Gasteiger partial charge is 0.151 e. The molecule has 0 saturated carbocycles. The topological polar surface area (TPSA) is 41.0 Å². The fourth-order valence-corrected chi connectivity index (χ4v) is 2.11. The predicted molar refractivity (Wildman–Crippen MR) is 65.7 cm³/mol. The van der Waals surface area contributed by atoms with Gasteiger partial charge in [-0.2, -0.15) is 5.10 Å². The van der Waals surface area contributed by atoms with Crippen molar-refractivity contribution in [3.05, 3.63) is 17.8 Å². The third-order valence-corrected chi connectivity index (χ3v) is 3.13. The molecule has 1 N–H and O–H groups in total. The highest BCUT2D eigenvalue weighted by Gasteiger charge is 2.21. The van der Waals surface area contributed by atoms with Gasteiger partial charge in [-0.25, -0.2) is 0 Å². The normalized spacial score (nSPS) is 20.4. The summed E-state index contributed by atoms with van der Waals surface area (Å²) in [5, 5.41) is 11.9. The van der Waals surface area contributed by atoms with Crippen LogP contribution in [0.1, 0.15) is 25.5 Å². The number of nitrogens with zero attached hydrogens (tertiary/aromatic N) is 3. The molecule has 1 aliphatic rings. The van der Waals surface area contributed by atoms with Crippen molar-refractivity contribution in [1.29, 1.82) is 0 Å². The Labute approximate surface area is 97.1 Å². The SMILES string of the molecule is CCCc1ccc(N2CCC(NC)C2)nn1. The molecule has 1 fully saturated rings. The number of hydrogen-bond donors (Lipinski definition) is 1. The fraction of sp³-hybridized carbons (Fsp3) is 0.667. The Morgan fingerprint density at radius 2 is 2.31 bits per heavy atom. The van der Waals surface area contributed by atoms with E-state index in [0.29, 0.717) is 6.04 Å². The molecule has 0 amide bonds. The van der Waals surface area contributed by atoms with Gasteiger partial charge in [0.05, 0.1) is 5.69 Å². The first-order valence-corrected chi connectivity index (χ1v) is 6.08. The van der Waals surface area contributed by atoms with Crippen molar-refractivity contribution in [2.45, 2.75) is 32.2 Å². The van der Waals surface area contributed by atoms with E-state index < -0.39 is 0 Å². The van der Waals surface area contributed by atoms with Crippen molar-refractivity contribution >= 4 is 5.82 Å². The van der Waals surface area contributed by atoms with E-state index in [4.69, 9.17) is 0 Å². The van der Waals surface area contributed by atoms with Crippen molar-refractivity contribution in [2.24, 2.45) is 0 Å². The van der Waals surface area contributed by atoms with Gasteiger partial charge >= 0.3 is 0 Å². The molecule has 1 aromatic rings. The van der Waals surface area contributed by atoms with E-state index in [1.807, 2.05) is 7.05 Å². The number of aromatic nitrogens is 2. The standard InChI is InChI=1S/C12H20N4/c1-3-4-10-5-6-12(15-14-10)16-8-7-11(9-16)13-2/h5-6,11,13H,3-4,7-9H2,1-2H3. The lowest BCUT2D eigenvalue weighted by Crippen LogP contribution is -2.29. The molecular weight excluding hydrogens is 200 g/mol. The molecule has 4 nitrogen and oxygen atoms in total. The monoisotopic (exact) mass is 220 g/mol. The van der Waals surface area contributed by atoms with E-state index in [2.05, 4.69) is 39.5 Å². The van der Waals surface area contributed by atoms with Gasteiger partial charge < -0.3 is 10.2 Å². The zero-order valence-electron chi connectivity index (χ0n) is 10.1. The second kappa shape index (κ2) is 5.25. The molecule has 1 unspecified atom stereocenters. The molecule has 4 heteroatoms. The van der Waals surface area contributed by atoms with Crippen LogP contribution in [0.3, 0.4) is 0 Å². The number of anilines is 1.